The van der Waals surface area contributed by atoms with Crippen molar-refractivity contribution in [3.8, 4) is 6.07 Å². The molecule has 1 aromatic heterocycles. The smallest absolute Gasteiger partial charge is 0.433 e. The molecule has 0 saturated carbocycles. The number of carboxylic acids is 1. The van der Waals surface area contributed by atoms with Crippen molar-refractivity contribution < 1.29 is 23.1 Å². The Morgan fingerprint density at radius 1 is 1.53 bits per heavy atom. The van der Waals surface area contributed by atoms with Crippen LogP contribution in [0.15, 0.2) is 12.1 Å². The van der Waals surface area contributed by atoms with Gasteiger partial charge in [-0.3, -0.25) is 4.79 Å². The van der Waals surface area contributed by atoms with Crippen molar-refractivity contribution in [1.29, 1.82) is 5.26 Å². The van der Waals surface area contributed by atoms with Crippen LogP contribution in [-0.4, -0.2) is 29.7 Å². The lowest BCUT2D eigenvalue weighted by molar-refractivity contribution is -0.141. The van der Waals surface area contributed by atoms with Crippen LogP contribution in [0.2, 0.25) is 0 Å². The highest BCUT2D eigenvalue weighted by atomic mass is 19.4. The van der Waals surface area contributed by atoms with Crippen LogP contribution in [0.4, 0.5) is 19.0 Å². The van der Waals surface area contributed by atoms with E-state index in [2.05, 4.69) is 4.98 Å². The highest BCUT2D eigenvalue weighted by Gasteiger charge is 2.33. The normalized spacial score (nSPS) is 10.9. The van der Waals surface area contributed by atoms with Crippen molar-refractivity contribution in [1.82, 2.24) is 4.98 Å². The van der Waals surface area contributed by atoms with Gasteiger partial charge in [0.2, 0.25) is 0 Å². The van der Waals surface area contributed by atoms with Gasteiger partial charge in [0.1, 0.15) is 17.6 Å². The summed E-state index contributed by atoms with van der Waals surface area (Å²) in [4.78, 5) is 15.0. The van der Waals surface area contributed by atoms with E-state index in [4.69, 9.17) is 10.4 Å². The van der Waals surface area contributed by atoms with Crippen LogP contribution in [0.25, 0.3) is 0 Å². The van der Waals surface area contributed by atoms with Gasteiger partial charge >= 0.3 is 12.1 Å². The predicted octanol–water partition coefficient (Wildman–Crippen LogP) is 1.88. The second-order valence-corrected chi connectivity index (χ2v) is 3.74. The Morgan fingerprint density at radius 2 is 2.16 bits per heavy atom. The molecule has 8 heteroatoms. The molecule has 1 N–H and O–H groups in total. The molecule has 0 unspecified atom stereocenters. The summed E-state index contributed by atoms with van der Waals surface area (Å²) >= 11 is 0. The van der Waals surface area contributed by atoms with Gasteiger partial charge in [-0.25, -0.2) is 4.98 Å². The van der Waals surface area contributed by atoms with Gasteiger partial charge in [-0.1, -0.05) is 0 Å². The summed E-state index contributed by atoms with van der Waals surface area (Å²) < 4.78 is 37.6. The molecular formula is C11H10F3N3O2. The number of pyridine rings is 1. The summed E-state index contributed by atoms with van der Waals surface area (Å²) in [7, 11) is 1.38. The number of carbonyl (C=O) groups is 1. The first-order valence-corrected chi connectivity index (χ1v) is 5.17. The number of alkyl halides is 3. The molecule has 0 bridgehead atoms. The highest BCUT2D eigenvalue weighted by Crippen LogP contribution is 2.30. The molecule has 0 amide bonds. The molecule has 102 valence electrons. The second kappa shape index (κ2) is 5.56. The van der Waals surface area contributed by atoms with Crippen LogP contribution >= 0.6 is 0 Å². The highest BCUT2D eigenvalue weighted by molar-refractivity contribution is 5.67. The van der Waals surface area contributed by atoms with Crippen molar-refractivity contribution in [3.63, 3.8) is 0 Å². The molecule has 1 rings (SSSR count). The molecule has 19 heavy (non-hydrogen) atoms. The Hall–Kier alpha value is -2.30. The minimum Gasteiger partial charge on any atom is -0.481 e. The van der Waals surface area contributed by atoms with Gasteiger partial charge in [0, 0.05) is 13.6 Å². The van der Waals surface area contributed by atoms with E-state index < -0.39 is 17.8 Å². The Morgan fingerprint density at radius 3 is 2.63 bits per heavy atom. The first-order chi connectivity index (χ1) is 8.75. The lowest BCUT2D eigenvalue weighted by atomic mass is 10.2. The standard InChI is InChI=1S/C11H10F3N3O2/c1-17(5-4-9(18)19)10-7(6-15)2-3-8(16-10)11(12,13)14/h2-3H,4-5H2,1H3,(H,18,19). The fourth-order valence-corrected chi connectivity index (χ4v) is 1.35. The molecule has 0 fully saturated rings. The van der Waals surface area contributed by atoms with Gasteiger partial charge in [0.05, 0.1) is 12.0 Å². The molecule has 0 aliphatic carbocycles. The Kier molecular flexibility index (Phi) is 4.32. The van der Waals surface area contributed by atoms with E-state index in [1.165, 1.54) is 11.9 Å². The summed E-state index contributed by atoms with van der Waals surface area (Å²) in [6.45, 7) is -0.0433. The molecular weight excluding hydrogens is 263 g/mol. The zero-order valence-corrected chi connectivity index (χ0v) is 9.90. The Bertz CT molecular complexity index is 523. The number of aromatic nitrogens is 1. The van der Waals surface area contributed by atoms with Crippen molar-refractivity contribution in [3.05, 3.63) is 23.4 Å². The fourth-order valence-electron chi connectivity index (χ4n) is 1.35. The van der Waals surface area contributed by atoms with Gasteiger partial charge in [0.25, 0.3) is 0 Å². The van der Waals surface area contributed by atoms with Crippen LogP contribution < -0.4 is 4.90 Å². The van der Waals surface area contributed by atoms with E-state index in [-0.39, 0.29) is 24.3 Å². The second-order valence-electron chi connectivity index (χ2n) is 3.74. The molecule has 0 spiro atoms. The molecule has 0 saturated heterocycles. The van der Waals surface area contributed by atoms with Crippen LogP contribution in [0, 0.1) is 11.3 Å². The maximum absolute atomic E-state index is 12.5. The van der Waals surface area contributed by atoms with Crippen molar-refractivity contribution in [2.24, 2.45) is 0 Å². The van der Waals surface area contributed by atoms with Crippen molar-refractivity contribution in [2.45, 2.75) is 12.6 Å². The Labute approximate surface area is 106 Å². The minimum absolute atomic E-state index is 0.0408. The maximum Gasteiger partial charge on any atom is 0.433 e. The van der Waals surface area contributed by atoms with E-state index in [1.54, 1.807) is 6.07 Å². The predicted molar refractivity (Wildman–Crippen MR) is 59.5 cm³/mol. The van der Waals surface area contributed by atoms with Gasteiger partial charge in [-0.2, -0.15) is 18.4 Å². The number of hydrogen-bond donors (Lipinski definition) is 1. The molecule has 5 nitrogen and oxygen atoms in total. The summed E-state index contributed by atoms with van der Waals surface area (Å²) in [5, 5.41) is 17.4. The largest absolute Gasteiger partial charge is 0.481 e. The third-order valence-corrected chi connectivity index (χ3v) is 2.31. The van der Waals surface area contributed by atoms with Crippen molar-refractivity contribution in [2.75, 3.05) is 18.5 Å². The molecule has 0 aliphatic heterocycles. The third kappa shape index (κ3) is 3.84. The van der Waals surface area contributed by atoms with Crippen LogP contribution in [-0.2, 0) is 11.0 Å². The number of hydrogen-bond acceptors (Lipinski definition) is 4. The van der Waals surface area contributed by atoms with Crippen LogP contribution in [0.1, 0.15) is 17.7 Å². The molecule has 1 heterocycles. The van der Waals surface area contributed by atoms with E-state index in [0.29, 0.717) is 6.07 Å². The van der Waals surface area contributed by atoms with E-state index in [0.717, 1.165) is 6.07 Å². The average molecular weight is 273 g/mol. The first kappa shape index (κ1) is 14.8. The minimum atomic E-state index is -4.61. The maximum atomic E-state index is 12.5. The number of nitriles is 1. The zero-order chi connectivity index (χ0) is 14.6. The number of carboxylic acid groups (broad SMARTS) is 1. The summed E-state index contributed by atoms with van der Waals surface area (Å²) in [5.41, 5.74) is -1.16. The van der Waals surface area contributed by atoms with Crippen LogP contribution in [0.5, 0.6) is 0 Å². The van der Waals surface area contributed by atoms with E-state index >= 15 is 0 Å². The quantitative estimate of drug-likeness (QED) is 0.906. The molecule has 0 aromatic carbocycles. The van der Waals surface area contributed by atoms with Gasteiger partial charge in [0.15, 0.2) is 0 Å². The lowest BCUT2D eigenvalue weighted by Gasteiger charge is -2.19. The SMILES string of the molecule is CN(CCC(=O)O)c1nc(C(F)(F)F)ccc1C#N. The van der Waals surface area contributed by atoms with E-state index in [9.17, 15) is 18.0 Å². The average Bonchev–Trinajstić information content (AvgIpc) is 2.33. The summed E-state index contributed by atoms with van der Waals surface area (Å²) in [5.74, 6) is -1.27. The van der Waals surface area contributed by atoms with Gasteiger partial charge in [-0.15, -0.1) is 0 Å². The molecule has 0 aliphatic rings. The number of nitrogens with zero attached hydrogens (tertiary/aromatic N) is 3. The Balaban J connectivity index is 3.09. The summed E-state index contributed by atoms with van der Waals surface area (Å²) in [6.07, 6.45) is -4.88. The first-order valence-electron chi connectivity index (χ1n) is 5.17. The molecule has 0 atom stereocenters. The number of halogens is 3. The molecule has 0 radical (unpaired) electrons. The lowest BCUT2D eigenvalue weighted by Crippen LogP contribution is -2.24. The molecule has 1 aromatic rings. The fraction of sp³-hybridized carbons (Fsp3) is 0.364. The number of rotatable bonds is 4. The van der Waals surface area contributed by atoms with E-state index in [1.807, 2.05) is 0 Å². The van der Waals surface area contributed by atoms with Crippen molar-refractivity contribution >= 4 is 11.8 Å². The van der Waals surface area contributed by atoms with Crippen LogP contribution in [0.3, 0.4) is 0 Å². The van der Waals surface area contributed by atoms with Gasteiger partial charge in [-0.05, 0) is 12.1 Å². The number of anilines is 1. The van der Waals surface area contributed by atoms with Gasteiger partial charge < -0.3 is 10.0 Å². The third-order valence-electron chi connectivity index (χ3n) is 2.31. The zero-order valence-electron chi connectivity index (χ0n) is 9.90. The topological polar surface area (TPSA) is 77.2 Å². The number of aliphatic carboxylic acids is 1. The summed E-state index contributed by atoms with van der Waals surface area (Å²) in [6, 6.07) is 3.46. The monoisotopic (exact) mass is 273 g/mol.